The van der Waals surface area contributed by atoms with Gasteiger partial charge >= 0.3 is 0 Å². The van der Waals surface area contributed by atoms with E-state index in [2.05, 4.69) is 23.7 Å². The first kappa shape index (κ1) is 24.5. The van der Waals surface area contributed by atoms with Crippen molar-refractivity contribution in [1.82, 2.24) is 14.5 Å². The molecule has 0 fully saturated rings. The minimum Gasteiger partial charge on any atom is -0.493 e. The van der Waals surface area contributed by atoms with Gasteiger partial charge < -0.3 is 10.0 Å². The van der Waals surface area contributed by atoms with Crippen LogP contribution in [0.2, 0.25) is 0 Å². The van der Waals surface area contributed by atoms with Crippen molar-refractivity contribution in [3.63, 3.8) is 0 Å². The van der Waals surface area contributed by atoms with Crippen molar-refractivity contribution in [2.45, 2.75) is 51.6 Å². The number of nitrogens with zero attached hydrogens (tertiary/aromatic N) is 3. The van der Waals surface area contributed by atoms with Crippen LogP contribution in [-0.4, -0.2) is 44.9 Å². The molecule has 2 rings (SSSR count). The van der Waals surface area contributed by atoms with Crippen LogP contribution in [-0.2, 0) is 0 Å². The first-order chi connectivity index (χ1) is 13.0. The number of benzene rings is 1. The Bertz CT molecular complexity index is 775. The van der Waals surface area contributed by atoms with E-state index in [1.807, 2.05) is 44.2 Å². The molecule has 7 heteroatoms. The first-order valence-electron chi connectivity index (χ1n) is 9.76. The highest BCUT2D eigenvalue weighted by atomic mass is 35.5. The van der Waals surface area contributed by atoms with Gasteiger partial charge in [0.15, 0.2) is 5.16 Å². The molecule has 5 nitrogen and oxygen atoms in total. The molecule has 2 aromatic rings. The van der Waals surface area contributed by atoms with E-state index in [9.17, 15) is 9.90 Å². The first-order valence-corrected chi connectivity index (χ1v) is 10.7. The Hall–Kier alpha value is -1.50. The van der Waals surface area contributed by atoms with E-state index in [1.54, 1.807) is 4.57 Å². The van der Waals surface area contributed by atoms with Gasteiger partial charge in [0.1, 0.15) is 0 Å². The number of aromatic nitrogens is 2. The van der Waals surface area contributed by atoms with Crippen LogP contribution in [0.15, 0.2) is 40.3 Å². The third-order valence-corrected chi connectivity index (χ3v) is 5.30. The van der Waals surface area contributed by atoms with Gasteiger partial charge in [-0.15, -0.1) is 12.4 Å². The molecule has 0 saturated carbocycles. The van der Waals surface area contributed by atoms with E-state index in [1.165, 1.54) is 11.8 Å². The third kappa shape index (κ3) is 6.26. The smallest absolute Gasteiger partial charge is 0.266 e. The maximum atomic E-state index is 13.1. The zero-order valence-electron chi connectivity index (χ0n) is 17.2. The fraction of sp³-hybridized carbons (Fsp3) is 0.524. The minimum absolute atomic E-state index is 0. The summed E-state index contributed by atoms with van der Waals surface area (Å²) in [5, 5.41) is 10.9. The monoisotopic (exact) mass is 425 g/mol. The molecule has 0 saturated heterocycles. The fourth-order valence-corrected chi connectivity index (χ4v) is 4.14. The second-order valence-corrected chi connectivity index (χ2v) is 8.01. The SMILES string of the molecule is CCCN(CCC)CCSc1nc(O)c(C(C)C)c(=O)n1-c1ccccc1.Cl. The molecule has 0 radical (unpaired) electrons. The fourth-order valence-electron chi connectivity index (χ4n) is 3.14. The number of hydrogen-bond donors (Lipinski definition) is 1. The van der Waals surface area contributed by atoms with E-state index >= 15 is 0 Å². The maximum Gasteiger partial charge on any atom is 0.266 e. The summed E-state index contributed by atoms with van der Waals surface area (Å²) in [6.07, 6.45) is 2.25. The minimum atomic E-state index is -0.190. The Kier molecular flexibility index (Phi) is 10.6. The topological polar surface area (TPSA) is 58.4 Å². The van der Waals surface area contributed by atoms with Crippen molar-refractivity contribution in [3.8, 4) is 11.6 Å². The van der Waals surface area contributed by atoms with Crippen LogP contribution in [0.25, 0.3) is 5.69 Å². The molecule has 0 atom stereocenters. The van der Waals surface area contributed by atoms with Crippen LogP contribution >= 0.6 is 24.2 Å². The Labute approximate surface area is 178 Å². The number of halogens is 1. The zero-order valence-corrected chi connectivity index (χ0v) is 18.9. The normalized spacial score (nSPS) is 11.1. The van der Waals surface area contributed by atoms with Crippen molar-refractivity contribution in [1.29, 1.82) is 0 Å². The summed E-state index contributed by atoms with van der Waals surface area (Å²) in [6.45, 7) is 11.3. The molecule has 156 valence electrons. The van der Waals surface area contributed by atoms with Crippen LogP contribution in [0.3, 0.4) is 0 Å². The van der Waals surface area contributed by atoms with Crippen molar-refractivity contribution < 1.29 is 5.11 Å². The van der Waals surface area contributed by atoms with Gasteiger partial charge in [-0.1, -0.05) is 57.7 Å². The molecule has 0 bridgehead atoms. The summed E-state index contributed by atoms with van der Waals surface area (Å²) in [5.41, 5.74) is 0.949. The Morgan fingerprint density at radius 3 is 2.25 bits per heavy atom. The molecular weight excluding hydrogens is 394 g/mol. The Balaban J connectivity index is 0.00000392. The lowest BCUT2D eigenvalue weighted by molar-refractivity contribution is 0.292. The van der Waals surface area contributed by atoms with Crippen LogP contribution in [0.1, 0.15) is 52.0 Å². The van der Waals surface area contributed by atoms with E-state index in [4.69, 9.17) is 0 Å². The van der Waals surface area contributed by atoms with Crippen molar-refractivity contribution in [3.05, 3.63) is 46.2 Å². The van der Waals surface area contributed by atoms with Crippen molar-refractivity contribution >= 4 is 24.2 Å². The van der Waals surface area contributed by atoms with Crippen LogP contribution in [0.5, 0.6) is 5.88 Å². The molecule has 0 aliphatic heterocycles. The summed E-state index contributed by atoms with van der Waals surface area (Å²) in [7, 11) is 0. The summed E-state index contributed by atoms with van der Waals surface area (Å²) >= 11 is 1.52. The van der Waals surface area contributed by atoms with Gasteiger partial charge in [-0.05, 0) is 44.0 Å². The second-order valence-electron chi connectivity index (χ2n) is 6.95. The predicted molar refractivity (Wildman–Crippen MR) is 121 cm³/mol. The largest absolute Gasteiger partial charge is 0.493 e. The van der Waals surface area contributed by atoms with Crippen molar-refractivity contribution in [2.75, 3.05) is 25.4 Å². The summed E-state index contributed by atoms with van der Waals surface area (Å²) in [5.74, 6) is 0.576. The lowest BCUT2D eigenvalue weighted by Crippen LogP contribution is -2.29. The van der Waals surface area contributed by atoms with Crippen LogP contribution in [0.4, 0.5) is 0 Å². The molecule has 1 aromatic heterocycles. The number of rotatable bonds is 10. The summed E-state index contributed by atoms with van der Waals surface area (Å²) in [6, 6.07) is 9.53. The van der Waals surface area contributed by atoms with Crippen molar-refractivity contribution in [2.24, 2.45) is 0 Å². The lowest BCUT2D eigenvalue weighted by atomic mass is 10.1. The van der Waals surface area contributed by atoms with Gasteiger partial charge in [-0.2, -0.15) is 4.98 Å². The highest BCUT2D eigenvalue weighted by Crippen LogP contribution is 2.26. The second kappa shape index (κ2) is 12.1. The number of hydrogen-bond acceptors (Lipinski definition) is 5. The number of para-hydroxylation sites is 1. The standard InChI is InChI=1S/C21H31N3O2S.ClH/c1-5-12-23(13-6-2)14-15-27-21-22-19(25)18(16(3)4)20(26)24(21)17-10-8-7-9-11-17;/h7-11,16,25H,5-6,12-15H2,1-4H3;1H. The third-order valence-electron chi connectivity index (χ3n) is 4.38. The molecule has 0 aliphatic carbocycles. The molecular formula is C21H32ClN3O2S. The average Bonchev–Trinajstić information content (AvgIpc) is 2.62. The molecule has 1 heterocycles. The quantitative estimate of drug-likeness (QED) is 0.441. The van der Waals surface area contributed by atoms with Gasteiger partial charge in [0.25, 0.3) is 5.56 Å². The highest BCUT2D eigenvalue weighted by molar-refractivity contribution is 7.99. The van der Waals surface area contributed by atoms with Gasteiger partial charge in [-0.25, -0.2) is 0 Å². The average molecular weight is 426 g/mol. The Morgan fingerprint density at radius 1 is 1.11 bits per heavy atom. The molecule has 0 amide bonds. The van der Waals surface area contributed by atoms with E-state index in [0.29, 0.717) is 10.7 Å². The molecule has 1 N–H and O–H groups in total. The lowest BCUT2D eigenvalue weighted by Gasteiger charge is -2.21. The predicted octanol–water partition coefficient (Wildman–Crippen LogP) is 4.70. The van der Waals surface area contributed by atoms with Crippen LogP contribution < -0.4 is 5.56 Å². The maximum absolute atomic E-state index is 13.1. The number of aromatic hydroxyl groups is 1. The number of thioether (sulfide) groups is 1. The highest BCUT2D eigenvalue weighted by Gasteiger charge is 2.20. The summed E-state index contributed by atoms with van der Waals surface area (Å²) in [4.78, 5) is 19.9. The van der Waals surface area contributed by atoms with Gasteiger partial charge in [0, 0.05) is 12.3 Å². The molecule has 28 heavy (non-hydrogen) atoms. The van der Waals surface area contributed by atoms with Gasteiger partial charge in [0.05, 0.1) is 11.3 Å². The van der Waals surface area contributed by atoms with E-state index in [-0.39, 0.29) is 29.8 Å². The zero-order chi connectivity index (χ0) is 19.8. The molecule has 1 aromatic carbocycles. The van der Waals surface area contributed by atoms with Crippen LogP contribution in [0, 0.1) is 0 Å². The molecule has 0 unspecified atom stereocenters. The van der Waals surface area contributed by atoms with E-state index < -0.39 is 0 Å². The van der Waals surface area contributed by atoms with E-state index in [0.717, 1.165) is 43.9 Å². The Morgan fingerprint density at radius 2 is 1.71 bits per heavy atom. The summed E-state index contributed by atoms with van der Waals surface area (Å²) < 4.78 is 1.63. The van der Waals surface area contributed by atoms with Gasteiger partial charge in [0.2, 0.25) is 5.88 Å². The molecule has 0 aliphatic rings. The van der Waals surface area contributed by atoms with Gasteiger partial charge in [-0.3, -0.25) is 9.36 Å². The molecule has 0 spiro atoms.